The molecule has 1 N–H and O–H groups in total. The first kappa shape index (κ1) is 19.4. The van der Waals surface area contributed by atoms with Crippen LogP contribution in [-0.4, -0.2) is 34.9 Å². The number of ether oxygens (including phenoxy) is 1. The number of aryl methyl sites for hydroxylation is 2. The lowest BCUT2D eigenvalue weighted by molar-refractivity contribution is 0.0858. The molecule has 1 aromatic heterocycles. The van der Waals surface area contributed by atoms with Gasteiger partial charge in [-0.25, -0.2) is 0 Å². The Morgan fingerprint density at radius 2 is 2.00 bits per heavy atom. The van der Waals surface area contributed by atoms with E-state index in [4.69, 9.17) is 9.84 Å². The highest BCUT2D eigenvalue weighted by Crippen LogP contribution is 2.25. The van der Waals surface area contributed by atoms with E-state index in [9.17, 15) is 4.79 Å². The average Bonchev–Trinajstić information content (AvgIpc) is 3.39. The molecule has 1 fully saturated rings. The highest BCUT2D eigenvalue weighted by Gasteiger charge is 2.21. The Labute approximate surface area is 171 Å². The molecule has 5 heteroatoms. The van der Waals surface area contributed by atoms with E-state index in [0.29, 0.717) is 24.3 Å². The van der Waals surface area contributed by atoms with Crippen molar-refractivity contribution in [1.29, 1.82) is 0 Å². The van der Waals surface area contributed by atoms with Crippen molar-refractivity contribution in [1.82, 2.24) is 15.1 Å². The maximum absolute atomic E-state index is 13.0. The molecule has 5 nitrogen and oxygen atoms in total. The van der Waals surface area contributed by atoms with E-state index in [1.165, 1.54) is 11.1 Å². The highest BCUT2D eigenvalue weighted by molar-refractivity contribution is 5.99. The molecule has 0 bridgehead atoms. The van der Waals surface area contributed by atoms with Gasteiger partial charge in [0, 0.05) is 24.9 Å². The van der Waals surface area contributed by atoms with E-state index in [1.807, 2.05) is 35.1 Å². The summed E-state index contributed by atoms with van der Waals surface area (Å²) in [5.74, 6) is -0.104. The second-order valence-corrected chi connectivity index (χ2v) is 7.72. The van der Waals surface area contributed by atoms with Gasteiger partial charge in [0.15, 0.2) is 0 Å². The molecule has 2 aromatic carbocycles. The van der Waals surface area contributed by atoms with Crippen LogP contribution in [0, 0.1) is 13.8 Å². The van der Waals surface area contributed by atoms with Gasteiger partial charge in [-0.3, -0.25) is 9.48 Å². The fourth-order valence-electron chi connectivity index (χ4n) is 3.65. The van der Waals surface area contributed by atoms with E-state index >= 15 is 0 Å². The van der Waals surface area contributed by atoms with Crippen molar-refractivity contribution in [3.8, 4) is 11.3 Å². The summed E-state index contributed by atoms with van der Waals surface area (Å²) in [7, 11) is 0. The number of hydrogen-bond donors (Lipinski definition) is 1. The smallest absolute Gasteiger partial charge is 0.255 e. The van der Waals surface area contributed by atoms with Crippen LogP contribution in [0.5, 0.6) is 0 Å². The van der Waals surface area contributed by atoms with Crippen molar-refractivity contribution in [3.05, 3.63) is 77.0 Å². The first-order chi connectivity index (χ1) is 14.1. The van der Waals surface area contributed by atoms with Gasteiger partial charge in [-0.15, -0.1) is 0 Å². The highest BCUT2D eigenvalue weighted by atomic mass is 16.5. The van der Waals surface area contributed by atoms with Gasteiger partial charge in [0.25, 0.3) is 5.91 Å². The average molecular weight is 389 g/mol. The SMILES string of the molecule is Cc1ccc(-c2nn(Cc3ccccc3)cc2C(=O)NCC2CCCO2)cc1C. The molecule has 150 valence electrons. The van der Waals surface area contributed by atoms with Crippen molar-refractivity contribution in [2.45, 2.75) is 39.3 Å². The van der Waals surface area contributed by atoms with Gasteiger partial charge in [-0.05, 0) is 49.4 Å². The third kappa shape index (κ3) is 4.57. The molecule has 0 saturated carbocycles. The van der Waals surface area contributed by atoms with Gasteiger partial charge in [0.2, 0.25) is 0 Å². The van der Waals surface area contributed by atoms with Crippen LogP contribution in [0.15, 0.2) is 54.7 Å². The topological polar surface area (TPSA) is 56.2 Å². The van der Waals surface area contributed by atoms with Gasteiger partial charge in [-0.2, -0.15) is 5.10 Å². The number of aromatic nitrogens is 2. The van der Waals surface area contributed by atoms with Gasteiger partial charge in [0.05, 0.1) is 18.2 Å². The van der Waals surface area contributed by atoms with E-state index in [-0.39, 0.29) is 12.0 Å². The summed E-state index contributed by atoms with van der Waals surface area (Å²) in [5.41, 5.74) is 5.83. The zero-order valence-electron chi connectivity index (χ0n) is 17.0. The number of nitrogens with zero attached hydrogens (tertiary/aromatic N) is 2. The monoisotopic (exact) mass is 389 g/mol. The minimum Gasteiger partial charge on any atom is -0.376 e. The zero-order chi connectivity index (χ0) is 20.2. The van der Waals surface area contributed by atoms with Crippen LogP contribution in [0.1, 0.15) is 39.9 Å². The van der Waals surface area contributed by atoms with Crippen LogP contribution >= 0.6 is 0 Å². The lowest BCUT2D eigenvalue weighted by Gasteiger charge is -2.11. The van der Waals surface area contributed by atoms with Gasteiger partial charge in [-0.1, -0.05) is 42.5 Å². The molecule has 4 rings (SSSR count). The van der Waals surface area contributed by atoms with E-state index in [2.05, 4.69) is 43.4 Å². The Morgan fingerprint density at radius 1 is 1.17 bits per heavy atom. The molecule has 1 amide bonds. The predicted molar refractivity (Wildman–Crippen MR) is 114 cm³/mol. The standard InChI is InChI=1S/C24H27N3O2/c1-17-10-11-20(13-18(17)2)23-22(24(28)25-14-21-9-6-12-29-21)16-27(26-23)15-19-7-4-3-5-8-19/h3-5,7-8,10-11,13,16,21H,6,9,12,14-15H2,1-2H3,(H,25,28). The number of amides is 1. The van der Waals surface area contributed by atoms with Gasteiger partial charge >= 0.3 is 0 Å². The second kappa shape index (κ2) is 8.62. The van der Waals surface area contributed by atoms with Crippen LogP contribution < -0.4 is 5.32 Å². The largest absolute Gasteiger partial charge is 0.376 e. The van der Waals surface area contributed by atoms with E-state index in [0.717, 1.165) is 30.6 Å². The lowest BCUT2D eigenvalue weighted by atomic mass is 10.0. The normalized spacial score (nSPS) is 16.1. The van der Waals surface area contributed by atoms with Gasteiger partial charge < -0.3 is 10.1 Å². The molecular weight excluding hydrogens is 362 g/mol. The van der Waals surface area contributed by atoms with Crippen LogP contribution in [0.3, 0.4) is 0 Å². The molecule has 1 aliphatic heterocycles. The summed E-state index contributed by atoms with van der Waals surface area (Å²) in [4.78, 5) is 13.0. The summed E-state index contributed by atoms with van der Waals surface area (Å²) >= 11 is 0. The summed E-state index contributed by atoms with van der Waals surface area (Å²) < 4.78 is 7.48. The van der Waals surface area contributed by atoms with Crippen LogP contribution in [0.2, 0.25) is 0 Å². The Kier molecular flexibility index (Phi) is 5.76. The molecule has 0 aliphatic carbocycles. The molecule has 0 spiro atoms. The summed E-state index contributed by atoms with van der Waals surface area (Å²) in [5, 5.41) is 7.81. The Bertz CT molecular complexity index is 989. The number of rotatable bonds is 6. The minimum absolute atomic E-state index is 0.104. The fraction of sp³-hybridized carbons (Fsp3) is 0.333. The zero-order valence-corrected chi connectivity index (χ0v) is 17.0. The molecule has 1 atom stereocenters. The Balaban J connectivity index is 1.63. The minimum atomic E-state index is -0.104. The maximum atomic E-state index is 13.0. The van der Waals surface area contributed by atoms with Crippen LogP contribution in [0.4, 0.5) is 0 Å². The molecular formula is C24H27N3O2. The van der Waals surface area contributed by atoms with Gasteiger partial charge in [0.1, 0.15) is 5.69 Å². The number of benzene rings is 2. The molecule has 1 unspecified atom stereocenters. The summed E-state index contributed by atoms with van der Waals surface area (Å²) in [6.45, 7) is 6.11. The Hall–Kier alpha value is -2.92. The third-order valence-electron chi connectivity index (χ3n) is 5.49. The first-order valence-corrected chi connectivity index (χ1v) is 10.2. The van der Waals surface area contributed by atoms with Crippen molar-refractivity contribution < 1.29 is 9.53 Å². The van der Waals surface area contributed by atoms with Crippen molar-refractivity contribution >= 4 is 5.91 Å². The van der Waals surface area contributed by atoms with Crippen molar-refractivity contribution in [2.24, 2.45) is 0 Å². The summed E-state index contributed by atoms with van der Waals surface area (Å²) in [6, 6.07) is 16.4. The molecule has 29 heavy (non-hydrogen) atoms. The first-order valence-electron chi connectivity index (χ1n) is 10.2. The maximum Gasteiger partial charge on any atom is 0.255 e. The Morgan fingerprint density at radius 3 is 2.72 bits per heavy atom. The molecule has 1 aliphatic rings. The molecule has 3 aromatic rings. The van der Waals surface area contributed by atoms with Crippen molar-refractivity contribution in [2.75, 3.05) is 13.2 Å². The molecule has 1 saturated heterocycles. The lowest BCUT2D eigenvalue weighted by Crippen LogP contribution is -2.31. The third-order valence-corrected chi connectivity index (χ3v) is 5.49. The molecule has 0 radical (unpaired) electrons. The van der Waals surface area contributed by atoms with E-state index in [1.54, 1.807) is 0 Å². The number of carbonyl (C=O) groups is 1. The quantitative estimate of drug-likeness (QED) is 0.690. The fourth-order valence-corrected chi connectivity index (χ4v) is 3.65. The number of nitrogens with one attached hydrogen (secondary N) is 1. The van der Waals surface area contributed by atoms with Crippen LogP contribution in [-0.2, 0) is 11.3 Å². The molecule has 2 heterocycles. The predicted octanol–water partition coefficient (Wildman–Crippen LogP) is 4.12. The van der Waals surface area contributed by atoms with Crippen molar-refractivity contribution in [3.63, 3.8) is 0 Å². The number of carbonyl (C=O) groups excluding carboxylic acids is 1. The summed E-state index contributed by atoms with van der Waals surface area (Å²) in [6.07, 6.45) is 4.02. The van der Waals surface area contributed by atoms with Crippen LogP contribution in [0.25, 0.3) is 11.3 Å². The number of hydrogen-bond acceptors (Lipinski definition) is 3. The van der Waals surface area contributed by atoms with E-state index < -0.39 is 0 Å². The second-order valence-electron chi connectivity index (χ2n) is 7.72.